The van der Waals surface area contributed by atoms with Gasteiger partial charge in [0.05, 0.1) is 10.4 Å². The van der Waals surface area contributed by atoms with Crippen molar-refractivity contribution < 1.29 is 4.92 Å². The molecule has 0 aliphatic rings. The summed E-state index contributed by atoms with van der Waals surface area (Å²) in [7, 11) is 0. The molecule has 5 nitrogen and oxygen atoms in total. The van der Waals surface area contributed by atoms with Crippen LogP contribution >= 0.6 is 0 Å². The second-order valence-electron chi connectivity index (χ2n) is 5.56. The van der Waals surface area contributed by atoms with E-state index in [2.05, 4.69) is 4.98 Å². The Morgan fingerprint density at radius 3 is 2.42 bits per heavy atom. The highest BCUT2D eigenvalue weighted by Gasteiger charge is 2.24. The van der Waals surface area contributed by atoms with Crippen molar-refractivity contribution >= 4 is 33.1 Å². The topological polar surface area (TPSA) is 82.0 Å². The Hall–Kier alpha value is -3.47. The normalized spacial score (nSPS) is 11.0. The van der Waals surface area contributed by atoms with E-state index >= 15 is 0 Å². The van der Waals surface area contributed by atoms with Crippen molar-refractivity contribution in [3.8, 4) is 11.3 Å². The molecule has 0 atom stereocenters. The lowest BCUT2D eigenvalue weighted by Gasteiger charge is -2.09. The Morgan fingerprint density at radius 2 is 1.62 bits per heavy atom. The fourth-order valence-corrected chi connectivity index (χ4v) is 2.95. The molecule has 0 amide bonds. The van der Waals surface area contributed by atoms with Crippen LogP contribution < -0.4 is 5.73 Å². The zero-order chi connectivity index (χ0) is 16.7. The number of nitrogens with two attached hydrogens (primary N) is 1. The SMILES string of the molecule is Nc1c([N+](=O)[O-])c(-c2ccc3ccccc3c2)nc2ccccc12. The molecule has 0 radical (unpaired) electrons. The van der Waals surface area contributed by atoms with Crippen LogP contribution in [0.1, 0.15) is 0 Å². The number of nitrogen functional groups attached to an aromatic ring is 1. The molecule has 2 N–H and O–H groups in total. The maximum Gasteiger partial charge on any atom is 0.318 e. The van der Waals surface area contributed by atoms with Crippen molar-refractivity contribution in [3.63, 3.8) is 0 Å². The van der Waals surface area contributed by atoms with Crippen molar-refractivity contribution in [1.29, 1.82) is 0 Å². The van der Waals surface area contributed by atoms with Gasteiger partial charge in [0.2, 0.25) is 0 Å². The highest BCUT2D eigenvalue weighted by atomic mass is 16.6. The summed E-state index contributed by atoms with van der Waals surface area (Å²) in [4.78, 5) is 15.7. The van der Waals surface area contributed by atoms with E-state index in [1.165, 1.54) is 0 Å². The van der Waals surface area contributed by atoms with E-state index in [1.54, 1.807) is 18.2 Å². The van der Waals surface area contributed by atoms with Crippen molar-refractivity contribution in [3.05, 3.63) is 76.8 Å². The number of rotatable bonds is 2. The third-order valence-corrected chi connectivity index (χ3v) is 4.11. The van der Waals surface area contributed by atoms with Crippen LogP contribution in [0.15, 0.2) is 66.7 Å². The average Bonchev–Trinajstić information content (AvgIpc) is 2.61. The van der Waals surface area contributed by atoms with E-state index in [1.807, 2.05) is 48.5 Å². The maximum atomic E-state index is 11.6. The number of fused-ring (bicyclic) bond motifs is 2. The number of nitro groups is 1. The average molecular weight is 315 g/mol. The Labute approximate surface area is 137 Å². The van der Waals surface area contributed by atoms with Crippen molar-refractivity contribution in [2.75, 3.05) is 5.73 Å². The molecule has 24 heavy (non-hydrogen) atoms. The van der Waals surface area contributed by atoms with Crippen LogP contribution in [-0.4, -0.2) is 9.91 Å². The molecule has 0 spiro atoms. The van der Waals surface area contributed by atoms with Crippen LogP contribution in [0.5, 0.6) is 0 Å². The number of pyridine rings is 1. The van der Waals surface area contributed by atoms with Crippen LogP contribution in [0, 0.1) is 10.1 Å². The molecule has 5 heteroatoms. The number of aromatic nitrogens is 1. The zero-order valence-electron chi connectivity index (χ0n) is 12.6. The smallest absolute Gasteiger partial charge is 0.318 e. The van der Waals surface area contributed by atoms with Crippen molar-refractivity contribution in [2.24, 2.45) is 0 Å². The number of para-hydroxylation sites is 1. The largest absolute Gasteiger partial charge is 0.393 e. The fraction of sp³-hybridized carbons (Fsp3) is 0. The summed E-state index contributed by atoms with van der Waals surface area (Å²) in [6.07, 6.45) is 0. The Balaban J connectivity index is 2.06. The lowest BCUT2D eigenvalue weighted by atomic mass is 10.0. The molecule has 0 bridgehead atoms. The van der Waals surface area contributed by atoms with Crippen molar-refractivity contribution in [1.82, 2.24) is 4.98 Å². The Morgan fingerprint density at radius 1 is 0.917 bits per heavy atom. The van der Waals surface area contributed by atoms with E-state index in [-0.39, 0.29) is 11.4 Å². The summed E-state index contributed by atoms with van der Waals surface area (Å²) >= 11 is 0. The Bertz CT molecular complexity index is 1110. The molecule has 3 aromatic carbocycles. The summed E-state index contributed by atoms with van der Waals surface area (Å²) in [5.41, 5.74) is 7.70. The molecular weight excluding hydrogens is 302 g/mol. The predicted molar refractivity (Wildman–Crippen MR) is 95.8 cm³/mol. The molecule has 0 fully saturated rings. The maximum absolute atomic E-state index is 11.6. The minimum Gasteiger partial charge on any atom is -0.393 e. The van der Waals surface area contributed by atoms with Gasteiger partial charge in [-0.25, -0.2) is 4.98 Å². The fourth-order valence-electron chi connectivity index (χ4n) is 2.95. The van der Waals surface area contributed by atoms with E-state index < -0.39 is 4.92 Å². The first-order valence-electron chi connectivity index (χ1n) is 7.47. The number of hydrogen-bond donors (Lipinski definition) is 1. The van der Waals surface area contributed by atoms with Gasteiger partial charge in [-0.15, -0.1) is 0 Å². The quantitative estimate of drug-likeness (QED) is 0.434. The van der Waals surface area contributed by atoms with Gasteiger partial charge in [-0.05, 0) is 22.9 Å². The molecular formula is C19H13N3O2. The number of hydrogen-bond acceptors (Lipinski definition) is 4. The molecule has 1 aromatic heterocycles. The van der Waals surface area contributed by atoms with Crippen LogP contribution in [0.3, 0.4) is 0 Å². The number of nitrogens with zero attached hydrogens (tertiary/aromatic N) is 2. The van der Waals surface area contributed by atoms with Crippen LogP contribution in [-0.2, 0) is 0 Å². The third kappa shape index (κ3) is 2.14. The highest BCUT2D eigenvalue weighted by Crippen LogP contribution is 2.38. The molecule has 0 aliphatic heterocycles. The van der Waals surface area contributed by atoms with Gasteiger partial charge in [-0.2, -0.15) is 0 Å². The molecule has 0 unspecified atom stereocenters. The van der Waals surface area contributed by atoms with E-state index in [4.69, 9.17) is 5.73 Å². The summed E-state index contributed by atoms with van der Waals surface area (Å²) in [6, 6.07) is 20.7. The van der Waals surface area contributed by atoms with E-state index in [9.17, 15) is 10.1 Å². The third-order valence-electron chi connectivity index (χ3n) is 4.11. The van der Waals surface area contributed by atoms with Crippen LogP contribution in [0.4, 0.5) is 11.4 Å². The highest BCUT2D eigenvalue weighted by molar-refractivity contribution is 6.00. The van der Waals surface area contributed by atoms with Gasteiger partial charge in [0, 0.05) is 10.9 Å². The predicted octanol–water partition coefficient (Wildman–Crippen LogP) is 4.55. The van der Waals surface area contributed by atoms with Crippen molar-refractivity contribution in [2.45, 2.75) is 0 Å². The number of anilines is 1. The summed E-state index contributed by atoms with van der Waals surface area (Å²) in [6.45, 7) is 0. The zero-order valence-corrected chi connectivity index (χ0v) is 12.6. The first-order valence-corrected chi connectivity index (χ1v) is 7.47. The molecule has 0 aliphatic carbocycles. The molecule has 0 saturated heterocycles. The Kier molecular flexibility index (Phi) is 3.13. The first-order chi connectivity index (χ1) is 11.6. The van der Waals surface area contributed by atoms with Crippen LogP contribution in [0.2, 0.25) is 0 Å². The van der Waals surface area contributed by atoms with Crippen LogP contribution in [0.25, 0.3) is 32.9 Å². The molecule has 0 saturated carbocycles. The van der Waals surface area contributed by atoms with Gasteiger partial charge in [0.15, 0.2) is 5.69 Å². The second kappa shape index (κ2) is 5.31. The molecule has 4 aromatic rings. The van der Waals surface area contributed by atoms with Gasteiger partial charge >= 0.3 is 5.69 Å². The molecule has 4 rings (SSSR count). The molecule has 116 valence electrons. The van der Waals surface area contributed by atoms with E-state index in [0.717, 1.165) is 10.8 Å². The summed E-state index contributed by atoms with van der Waals surface area (Å²) < 4.78 is 0. The molecule has 1 heterocycles. The van der Waals surface area contributed by atoms with Gasteiger partial charge in [-0.1, -0.05) is 54.6 Å². The summed E-state index contributed by atoms with van der Waals surface area (Å²) in [5.74, 6) is 0. The van der Waals surface area contributed by atoms with Gasteiger partial charge < -0.3 is 5.73 Å². The monoisotopic (exact) mass is 315 g/mol. The van der Waals surface area contributed by atoms with Gasteiger partial charge in [-0.3, -0.25) is 10.1 Å². The number of benzene rings is 3. The van der Waals surface area contributed by atoms with E-state index in [0.29, 0.717) is 22.2 Å². The lowest BCUT2D eigenvalue weighted by molar-refractivity contribution is -0.383. The summed E-state index contributed by atoms with van der Waals surface area (Å²) in [5, 5.41) is 14.3. The minimum absolute atomic E-state index is 0.147. The minimum atomic E-state index is -0.459. The second-order valence-corrected chi connectivity index (χ2v) is 5.56. The standard InChI is InChI=1S/C19H13N3O2/c20-17-15-7-3-4-8-16(15)21-18(19(17)22(23)24)14-10-9-12-5-1-2-6-13(12)11-14/h1-11H,(H2,20,21). The first kappa shape index (κ1) is 14.1. The van der Waals surface area contributed by atoms with Gasteiger partial charge in [0.1, 0.15) is 5.69 Å². The van der Waals surface area contributed by atoms with Gasteiger partial charge in [0.25, 0.3) is 0 Å². The lowest BCUT2D eigenvalue weighted by Crippen LogP contribution is -2.02.